The van der Waals surface area contributed by atoms with Crippen LogP contribution in [-0.4, -0.2) is 31.5 Å². The number of nitrogens with zero attached hydrogens (tertiary/aromatic N) is 2. The molecule has 2 aliphatic rings. The van der Waals surface area contributed by atoms with E-state index in [0.717, 1.165) is 22.4 Å². The molecule has 1 fully saturated rings. The zero-order valence-corrected chi connectivity index (χ0v) is 18.1. The molecule has 2 heterocycles. The number of hydrogen-bond donors (Lipinski definition) is 2. The number of hydrogen-bond acceptors (Lipinski definition) is 6. The summed E-state index contributed by atoms with van der Waals surface area (Å²) < 4.78 is 0. The first-order chi connectivity index (χ1) is 13.4. The number of rotatable bonds is 4. The number of carbonyl (C=O) groups is 1. The molecule has 4 unspecified atom stereocenters. The summed E-state index contributed by atoms with van der Waals surface area (Å²) in [6, 6.07) is 4.58. The number of phenols is 1. The monoisotopic (exact) mass is 435 g/mol. The minimum Gasteiger partial charge on any atom is -0.506 e. The normalized spacial score (nSPS) is 24.3. The highest BCUT2D eigenvalue weighted by Gasteiger charge is 2.40. The first-order valence-corrected chi connectivity index (χ1v) is 11.5. The van der Waals surface area contributed by atoms with Crippen molar-refractivity contribution in [3.8, 4) is 5.75 Å². The Morgan fingerprint density at radius 3 is 3.04 bits per heavy atom. The molecule has 1 amide bonds. The molecule has 2 N–H and O–H groups in total. The maximum atomic E-state index is 12.7. The van der Waals surface area contributed by atoms with E-state index in [1.54, 1.807) is 18.5 Å². The first-order valence-electron chi connectivity index (χ1n) is 9.40. The number of thioether (sulfide) groups is 2. The van der Waals surface area contributed by atoms with Crippen molar-refractivity contribution in [1.29, 1.82) is 0 Å². The van der Waals surface area contributed by atoms with Gasteiger partial charge in [0.15, 0.2) is 0 Å². The summed E-state index contributed by atoms with van der Waals surface area (Å²) in [7, 11) is 0. The lowest BCUT2D eigenvalue weighted by Gasteiger charge is -2.29. The molecule has 0 radical (unpaired) electrons. The van der Waals surface area contributed by atoms with Gasteiger partial charge in [0.25, 0.3) is 0 Å². The van der Waals surface area contributed by atoms with Gasteiger partial charge in [-0.05, 0) is 43.9 Å². The van der Waals surface area contributed by atoms with Crippen LogP contribution in [0.5, 0.6) is 5.75 Å². The average Bonchev–Trinajstić information content (AvgIpc) is 3.03. The number of benzene rings is 1. The van der Waals surface area contributed by atoms with Gasteiger partial charge in [0.1, 0.15) is 22.1 Å². The molecule has 0 bridgehead atoms. The van der Waals surface area contributed by atoms with E-state index in [2.05, 4.69) is 22.2 Å². The molecular formula is C20H22ClN3O2S2. The van der Waals surface area contributed by atoms with Crippen LogP contribution in [0.2, 0.25) is 5.02 Å². The predicted octanol–water partition coefficient (Wildman–Crippen LogP) is 5.33. The third-order valence-corrected chi connectivity index (χ3v) is 8.10. The summed E-state index contributed by atoms with van der Waals surface area (Å²) in [5, 5.41) is 15.3. The number of anilines is 1. The SMILES string of the molecule is CC1CCC2c3c(SC(C)C(=O)Nc4cc(Cl)ccc4O)ncnc3SC2C1. The molecule has 148 valence electrons. The fourth-order valence-corrected chi connectivity index (χ4v) is 6.72. The zero-order chi connectivity index (χ0) is 19.8. The van der Waals surface area contributed by atoms with Crippen molar-refractivity contribution in [3.05, 3.63) is 35.1 Å². The van der Waals surface area contributed by atoms with E-state index in [-0.39, 0.29) is 16.9 Å². The van der Waals surface area contributed by atoms with Crippen LogP contribution in [-0.2, 0) is 4.79 Å². The molecule has 1 aliphatic heterocycles. The van der Waals surface area contributed by atoms with Crippen molar-refractivity contribution >= 4 is 46.7 Å². The third kappa shape index (κ3) is 3.98. The minimum atomic E-state index is -0.371. The minimum absolute atomic E-state index is 0.00607. The fourth-order valence-electron chi connectivity index (χ4n) is 3.87. The Labute approximate surface area is 178 Å². The van der Waals surface area contributed by atoms with Gasteiger partial charge in [-0.1, -0.05) is 36.7 Å². The van der Waals surface area contributed by atoms with E-state index in [1.807, 2.05) is 18.7 Å². The summed E-state index contributed by atoms with van der Waals surface area (Å²) in [4.78, 5) is 21.7. The van der Waals surface area contributed by atoms with Gasteiger partial charge >= 0.3 is 0 Å². The number of aromatic nitrogens is 2. The van der Waals surface area contributed by atoms with Crippen LogP contribution in [0.4, 0.5) is 5.69 Å². The van der Waals surface area contributed by atoms with Gasteiger partial charge in [0.05, 0.1) is 10.9 Å². The molecular weight excluding hydrogens is 414 g/mol. The molecule has 5 nitrogen and oxygen atoms in total. The molecule has 1 aromatic carbocycles. The Morgan fingerprint density at radius 1 is 1.39 bits per heavy atom. The molecule has 28 heavy (non-hydrogen) atoms. The van der Waals surface area contributed by atoms with Crippen molar-refractivity contribution in [1.82, 2.24) is 9.97 Å². The van der Waals surface area contributed by atoms with E-state index >= 15 is 0 Å². The van der Waals surface area contributed by atoms with E-state index in [1.165, 1.54) is 36.2 Å². The highest BCUT2D eigenvalue weighted by molar-refractivity contribution is 8.01. The second-order valence-electron chi connectivity index (χ2n) is 7.49. The number of carbonyl (C=O) groups excluding carboxylic acids is 1. The Kier molecular flexibility index (Phi) is 5.76. The topological polar surface area (TPSA) is 75.1 Å². The fraction of sp³-hybridized carbons (Fsp3) is 0.450. The first kappa shape index (κ1) is 19.9. The molecule has 1 saturated carbocycles. The summed E-state index contributed by atoms with van der Waals surface area (Å²) in [5.41, 5.74) is 1.54. The Bertz CT molecular complexity index is 911. The van der Waals surface area contributed by atoms with E-state index in [0.29, 0.717) is 21.9 Å². The van der Waals surface area contributed by atoms with Gasteiger partial charge in [-0.3, -0.25) is 4.79 Å². The quantitative estimate of drug-likeness (QED) is 0.384. The maximum Gasteiger partial charge on any atom is 0.237 e. The standard InChI is InChI=1S/C20H22ClN3O2S2/c1-10-3-5-13-16(7-10)28-20-17(13)19(22-9-23-20)27-11(2)18(26)24-14-8-12(21)4-6-15(14)25/h4,6,8-11,13,16,25H,3,5,7H2,1-2H3,(H,24,26). The van der Waals surface area contributed by atoms with Crippen LogP contribution >= 0.6 is 35.1 Å². The lowest BCUT2D eigenvalue weighted by Crippen LogP contribution is -2.24. The summed E-state index contributed by atoms with van der Waals surface area (Å²) in [6.45, 7) is 4.16. The van der Waals surface area contributed by atoms with Crippen LogP contribution in [0.25, 0.3) is 0 Å². The number of halogens is 1. The number of phenolic OH excluding ortho intramolecular Hbond substituents is 1. The second kappa shape index (κ2) is 8.13. The van der Waals surface area contributed by atoms with Crippen molar-refractivity contribution in [3.63, 3.8) is 0 Å². The average molecular weight is 436 g/mol. The van der Waals surface area contributed by atoms with Crippen molar-refractivity contribution in [2.75, 3.05) is 5.32 Å². The van der Waals surface area contributed by atoms with Gasteiger partial charge in [0.2, 0.25) is 5.91 Å². The molecule has 0 saturated heterocycles. The summed E-state index contributed by atoms with van der Waals surface area (Å²) >= 11 is 9.28. The van der Waals surface area contributed by atoms with Crippen molar-refractivity contribution in [2.45, 2.75) is 59.6 Å². The largest absolute Gasteiger partial charge is 0.506 e. The second-order valence-corrected chi connectivity index (χ2v) is 10.5. The lowest BCUT2D eigenvalue weighted by molar-refractivity contribution is -0.115. The predicted molar refractivity (Wildman–Crippen MR) is 114 cm³/mol. The molecule has 1 aliphatic carbocycles. The van der Waals surface area contributed by atoms with Gasteiger partial charge < -0.3 is 10.4 Å². The van der Waals surface area contributed by atoms with Crippen LogP contribution in [0.15, 0.2) is 34.6 Å². The molecule has 2 aromatic rings. The van der Waals surface area contributed by atoms with Crippen molar-refractivity contribution < 1.29 is 9.90 Å². The highest BCUT2D eigenvalue weighted by Crippen LogP contribution is 2.54. The zero-order valence-electron chi connectivity index (χ0n) is 15.7. The van der Waals surface area contributed by atoms with E-state index in [9.17, 15) is 9.90 Å². The van der Waals surface area contributed by atoms with Gasteiger partial charge in [-0.15, -0.1) is 11.8 Å². The van der Waals surface area contributed by atoms with Crippen LogP contribution < -0.4 is 5.32 Å². The van der Waals surface area contributed by atoms with Gasteiger partial charge in [-0.2, -0.15) is 0 Å². The Balaban J connectivity index is 1.50. The maximum absolute atomic E-state index is 12.7. The Morgan fingerprint density at radius 2 is 2.21 bits per heavy atom. The van der Waals surface area contributed by atoms with Gasteiger partial charge in [-0.25, -0.2) is 9.97 Å². The highest BCUT2D eigenvalue weighted by atomic mass is 35.5. The van der Waals surface area contributed by atoms with Crippen LogP contribution in [0, 0.1) is 5.92 Å². The third-order valence-electron chi connectivity index (χ3n) is 5.37. The molecule has 1 aromatic heterocycles. The summed E-state index contributed by atoms with van der Waals surface area (Å²) in [5.74, 6) is 1.03. The van der Waals surface area contributed by atoms with Crippen molar-refractivity contribution in [2.24, 2.45) is 5.92 Å². The van der Waals surface area contributed by atoms with E-state index in [4.69, 9.17) is 11.6 Å². The molecule has 4 atom stereocenters. The smallest absolute Gasteiger partial charge is 0.237 e. The van der Waals surface area contributed by atoms with E-state index < -0.39 is 0 Å². The lowest BCUT2D eigenvalue weighted by atomic mass is 9.80. The number of nitrogens with one attached hydrogen (secondary N) is 1. The molecule has 0 spiro atoms. The van der Waals surface area contributed by atoms with Gasteiger partial charge in [0, 0.05) is 21.8 Å². The van der Waals surface area contributed by atoms with Crippen LogP contribution in [0.3, 0.4) is 0 Å². The number of amides is 1. The van der Waals surface area contributed by atoms with Crippen LogP contribution in [0.1, 0.15) is 44.6 Å². The molecule has 4 rings (SSSR count). The Hall–Kier alpha value is -1.44. The summed E-state index contributed by atoms with van der Waals surface area (Å²) in [6.07, 6.45) is 5.19. The molecule has 8 heteroatoms. The number of fused-ring (bicyclic) bond motifs is 3. The number of aromatic hydroxyl groups is 1.